The number of aromatic amines is 1. The molecule has 0 aliphatic rings. The lowest BCUT2D eigenvalue weighted by atomic mass is 10.1. The molecule has 4 N–H and O–H groups in total. The fourth-order valence-electron chi connectivity index (χ4n) is 1.23. The van der Waals surface area contributed by atoms with Gasteiger partial charge in [0, 0.05) is 12.5 Å². The van der Waals surface area contributed by atoms with Gasteiger partial charge in [-0.15, -0.1) is 0 Å². The summed E-state index contributed by atoms with van der Waals surface area (Å²) in [6.07, 6.45) is -0.643. The molecule has 1 aromatic heterocycles. The van der Waals surface area contributed by atoms with Crippen LogP contribution in [0.1, 0.15) is 23.3 Å². The third-order valence-electron chi connectivity index (χ3n) is 2.16. The fraction of sp³-hybridized carbons (Fsp3) is 0.300. The Balaban J connectivity index is 2.70. The zero-order chi connectivity index (χ0) is 14.4. The normalized spacial score (nSPS) is 11.6. The average molecular weight is 269 g/mol. The maximum absolute atomic E-state index is 11.6. The lowest BCUT2D eigenvalue weighted by Crippen LogP contribution is -2.41. The van der Waals surface area contributed by atoms with E-state index >= 15 is 0 Å². The van der Waals surface area contributed by atoms with E-state index in [4.69, 9.17) is 10.2 Å². The molecular formula is C10H11N3O6. The van der Waals surface area contributed by atoms with Crippen LogP contribution >= 0.6 is 0 Å². The first-order valence-electron chi connectivity index (χ1n) is 5.21. The van der Waals surface area contributed by atoms with Crippen LogP contribution in [0.2, 0.25) is 0 Å². The van der Waals surface area contributed by atoms with Crippen molar-refractivity contribution in [3.63, 3.8) is 0 Å². The van der Waals surface area contributed by atoms with E-state index < -0.39 is 35.9 Å². The molecule has 1 aromatic rings. The van der Waals surface area contributed by atoms with Gasteiger partial charge in [0.2, 0.25) is 0 Å². The summed E-state index contributed by atoms with van der Waals surface area (Å²) < 4.78 is 0. The van der Waals surface area contributed by atoms with E-state index in [9.17, 15) is 19.2 Å². The van der Waals surface area contributed by atoms with Crippen LogP contribution in [-0.2, 0) is 9.59 Å². The Morgan fingerprint density at radius 3 is 2.47 bits per heavy atom. The monoisotopic (exact) mass is 269 g/mol. The molecule has 102 valence electrons. The van der Waals surface area contributed by atoms with E-state index in [-0.39, 0.29) is 12.1 Å². The summed E-state index contributed by atoms with van der Waals surface area (Å²) >= 11 is 0. The van der Waals surface area contributed by atoms with Crippen molar-refractivity contribution in [1.82, 2.24) is 15.5 Å². The maximum atomic E-state index is 11.6. The van der Waals surface area contributed by atoms with Gasteiger partial charge in [0.25, 0.3) is 11.5 Å². The third kappa shape index (κ3) is 4.58. The maximum Gasteiger partial charge on any atom is 0.326 e. The number of hydrogen-bond donors (Lipinski definition) is 4. The Bertz CT molecular complexity index is 532. The van der Waals surface area contributed by atoms with Crippen LogP contribution in [0.25, 0.3) is 0 Å². The summed E-state index contributed by atoms with van der Waals surface area (Å²) in [6.45, 7) is 0. The molecule has 19 heavy (non-hydrogen) atoms. The van der Waals surface area contributed by atoms with Crippen molar-refractivity contribution >= 4 is 17.8 Å². The van der Waals surface area contributed by atoms with Gasteiger partial charge >= 0.3 is 11.9 Å². The number of carboxylic acid groups (broad SMARTS) is 2. The van der Waals surface area contributed by atoms with Gasteiger partial charge in [-0.05, 0) is 12.5 Å². The molecule has 1 heterocycles. The first kappa shape index (κ1) is 14.4. The summed E-state index contributed by atoms with van der Waals surface area (Å²) in [6, 6.07) is 0.858. The van der Waals surface area contributed by atoms with Crippen molar-refractivity contribution in [2.45, 2.75) is 18.9 Å². The Hall–Kier alpha value is -2.71. The number of hydrogen-bond acceptors (Lipinski definition) is 5. The molecule has 1 rings (SSSR count). The van der Waals surface area contributed by atoms with E-state index in [2.05, 4.69) is 10.4 Å². The topological polar surface area (TPSA) is 149 Å². The number of carbonyl (C=O) groups excluding carboxylic acids is 1. The Morgan fingerprint density at radius 2 is 2.00 bits per heavy atom. The summed E-state index contributed by atoms with van der Waals surface area (Å²) in [4.78, 5) is 43.6. The molecule has 0 fully saturated rings. The first-order chi connectivity index (χ1) is 8.90. The Kier molecular flexibility index (Phi) is 4.75. The summed E-state index contributed by atoms with van der Waals surface area (Å²) in [7, 11) is 0. The smallest absolute Gasteiger partial charge is 0.326 e. The van der Waals surface area contributed by atoms with Crippen LogP contribution in [0.4, 0.5) is 0 Å². The number of nitrogens with zero attached hydrogens (tertiary/aromatic N) is 1. The van der Waals surface area contributed by atoms with Crippen LogP contribution < -0.4 is 10.9 Å². The van der Waals surface area contributed by atoms with Crippen molar-refractivity contribution < 1.29 is 24.6 Å². The van der Waals surface area contributed by atoms with E-state index in [1.807, 2.05) is 5.10 Å². The highest BCUT2D eigenvalue weighted by Gasteiger charge is 2.22. The van der Waals surface area contributed by atoms with Gasteiger partial charge < -0.3 is 15.5 Å². The number of rotatable bonds is 6. The van der Waals surface area contributed by atoms with Gasteiger partial charge in [-0.1, -0.05) is 0 Å². The second-order valence-corrected chi connectivity index (χ2v) is 3.60. The lowest BCUT2D eigenvalue weighted by Gasteiger charge is -2.12. The molecule has 0 saturated carbocycles. The van der Waals surface area contributed by atoms with Crippen molar-refractivity contribution in [2.24, 2.45) is 0 Å². The van der Waals surface area contributed by atoms with E-state index in [1.165, 1.54) is 0 Å². The van der Waals surface area contributed by atoms with Gasteiger partial charge in [0.05, 0.1) is 0 Å². The SMILES string of the molecule is O=C(O)CCC(NC(=O)c1ccc(=O)[nH]n1)C(=O)O. The van der Waals surface area contributed by atoms with Crippen LogP contribution in [0.5, 0.6) is 0 Å². The largest absolute Gasteiger partial charge is 0.481 e. The quantitative estimate of drug-likeness (QED) is 0.507. The predicted octanol–water partition coefficient (Wildman–Crippen LogP) is -1.18. The molecule has 1 atom stereocenters. The van der Waals surface area contributed by atoms with Gasteiger partial charge in [-0.25, -0.2) is 9.89 Å². The molecule has 9 nitrogen and oxygen atoms in total. The fourth-order valence-corrected chi connectivity index (χ4v) is 1.23. The van der Waals surface area contributed by atoms with Gasteiger partial charge in [-0.2, -0.15) is 5.10 Å². The van der Waals surface area contributed by atoms with Crippen molar-refractivity contribution in [3.8, 4) is 0 Å². The van der Waals surface area contributed by atoms with Crippen molar-refractivity contribution in [2.75, 3.05) is 0 Å². The Labute approximate surface area is 106 Å². The minimum Gasteiger partial charge on any atom is -0.481 e. The number of carboxylic acids is 2. The summed E-state index contributed by atoms with van der Waals surface area (Å²) in [5, 5.41) is 24.9. The van der Waals surface area contributed by atoms with Crippen LogP contribution in [-0.4, -0.2) is 44.3 Å². The molecular weight excluding hydrogens is 258 g/mol. The second-order valence-electron chi connectivity index (χ2n) is 3.60. The number of carbonyl (C=O) groups is 3. The van der Waals surface area contributed by atoms with Crippen LogP contribution in [0, 0.1) is 0 Å². The lowest BCUT2D eigenvalue weighted by molar-refractivity contribution is -0.140. The molecule has 1 unspecified atom stereocenters. The van der Waals surface area contributed by atoms with E-state index in [0.717, 1.165) is 12.1 Å². The second kappa shape index (κ2) is 6.28. The standard InChI is InChI=1S/C10H11N3O6/c14-7-3-1-5(12-13-7)9(17)11-6(10(18)19)2-4-8(15)16/h1,3,6H,2,4H2,(H,11,17)(H,13,14)(H,15,16)(H,18,19). The van der Waals surface area contributed by atoms with Crippen molar-refractivity contribution in [1.29, 1.82) is 0 Å². The molecule has 0 aliphatic carbocycles. The first-order valence-corrected chi connectivity index (χ1v) is 5.21. The molecule has 9 heteroatoms. The van der Waals surface area contributed by atoms with Gasteiger partial charge in [-0.3, -0.25) is 14.4 Å². The molecule has 0 aliphatic heterocycles. The molecule has 1 amide bonds. The molecule has 0 aromatic carbocycles. The number of aromatic nitrogens is 2. The van der Waals surface area contributed by atoms with Gasteiger partial charge in [0.15, 0.2) is 0 Å². The van der Waals surface area contributed by atoms with Crippen molar-refractivity contribution in [3.05, 3.63) is 28.2 Å². The number of nitrogens with one attached hydrogen (secondary N) is 2. The highest BCUT2D eigenvalue weighted by molar-refractivity contribution is 5.94. The third-order valence-corrected chi connectivity index (χ3v) is 2.16. The Morgan fingerprint density at radius 1 is 1.32 bits per heavy atom. The number of H-pyrrole nitrogens is 1. The highest BCUT2D eigenvalue weighted by atomic mass is 16.4. The van der Waals surface area contributed by atoms with E-state index in [1.54, 1.807) is 0 Å². The number of aliphatic carboxylic acids is 2. The molecule has 0 radical (unpaired) electrons. The predicted molar refractivity (Wildman–Crippen MR) is 60.6 cm³/mol. The molecule has 0 spiro atoms. The summed E-state index contributed by atoms with van der Waals surface area (Å²) in [5.41, 5.74) is -0.668. The van der Waals surface area contributed by atoms with Gasteiger partial charge in [0.1, 0.15) is 11.7 Å². The minimum absolute atomic E-state index is 0.166. The number of amides is 1. The average Bonchev–Trinajstić information content (AvgIpc) is 2.34. The van der Waals surface area contributed by atoms with E-state index in [0.29, 0.717) is 0 Å². The minimum atomic E-state index is -1.35. The molecule has 0 saturated heterocycles. The highest BCUT2D eigenvalue weighted by Crippen LogP contribution is 2.00. The zero-order valence-corrected chi connectivity index (χ0v) is 9.62. The summed E-state index contributed by atoms with van der Waals surface area (Å²) in [5.74, 6) is -3.32. The van der Waals surface area contributed by atoms with Crippen LogP contribution in [0.15, 0.2) is 16.9 Å². The molecule has 0 bridgehead atoms. The van der Waals surface area contributed by atoms with Crippen LogP contribution in [0.3, 0.4) is 0 Å². The zero-order valence-electron chi connectivity index (χ0n) is 9.62.